The molecule has 1 rings (SSSR count). The van der Waals surface area contributed by atoms with E-state index in [4.69, 9.17) is 10.00 Å². The molecule has 1 aliphatic heterocycles. The Kier molecular flexibility index (Phi) is 4.06. The lowest BCUT2D eigenvalue weighted by molar-refractivity contribution is -0.162. The van der Waals surface area contributed by atoms with Gasteiger partial charge in [-0.2, -0.15) is 5.26 Å². The molecule has 0 saturated carbocycles. The number of methoxy groups -OCH3 is 1. The zero-order chi connectivity index (χ0) is 11.3. The fraction of sp³-hybridized carbons (Fsp3) is 0.667. The molecular weight excluding hydrogens is 200 g/mol. The van der Waals surface area contributed by atoms with E-state index in [1.54, 1.807) is 6.07 Å². The number of carbonyl (C=O) groups excluding carboxylic acids is 2. The van der Waals surface area contributed by atoms with Gasteiger partial charge in [0.25, 0.3) is 0 Å². The van der Waals surface area contributed by atoms with Crippen molar-refractivity contribution in [2.45, 2.75) is 12.5 Å². The highest BCUT2D eigenvalue weighted by Crippen LogP contribution is 2.07. The average Bonchev–Trinajstić information content (AvgIpc) is 2.28. The van der Waals surface area contributed by atoms with E-state index in [2.05, 4.69) is 4.74 Å². The van der Waals surface area contributed by atoms with Crippen LogP contribution in [0, 0.1) is 11.3 Å². The zero-order valence-electron chi connectivity index (χ0n) is 8.43. The number of carbonyl (C=O) groups is 2. The van der Waals surface area contributed by atoms with Crippen molar-refractivity contribution >= 4 is 11.9 Å². The first-order chi connectivity index (χ1) is 7.19. The molecule has 1 amide bonds. The number of nitrogens with zero attached hydrogens (tertiary/aromatic N) is 2. The lowest BCUT2D eigenvalue weighted by Crippen LogP contribution is -2.48. The maximum atomic E-state index is 11.4. The van der Waals surface area contributed by atoms with Crippen LogP contribution in [0.5, 0.6) is 0 Å². The van der Waals surface area contributed by atoms with Crippen LogP contribution in [0.4, 0.5) is 0 Å². The van der Waals surface area contributed by atoms with Crippen molar-refractivity contribution in [3.8, 4) is 6.07 Å². The van der Waals surface area contributed by atoms with E-state index in [0.717, 1.165) is 0 Å². The summed E-state index contributed by atoms with van der Waals surface area (Å²) in [7, 11) is 1.27. The molecule has 0 spiro atoms. The Morgan fingerprint density at radius 2 is 2.40 bits per heavy atom. The summed E-state index contributed by atoms with van der Waals surface area (Å²) in [5, 5.41) is 8.37. The molecule has 0 aromatic rings. The quantitative estimate of drug-likeness (QED) is 0.565. The molecule has 1 saturated heterocycles. The zero-order valence-corrected chi connectivity index (χ0v) is 8.43. The molecule has 1 aliphatic rings. The molecule has 82 valence electrons. The smallest absolute Gasteiger partial charge is 0.336 e. The molecule has 0 N–H and O–H groups in total. The van der Waals surface area contributed by atoms with Gasteiger partial charge in [0.2, 0.25) is 5.91 Å². The summed E-state index contributed by atoms with van der Waals surface area (Å²) in [5.41, 5.74) is 0. The Labute approximate surface area is 87.4 Å². The molecule has 0 aromatic carbocycles. The number of nitriles is 1. The SMILES string of the molecule is COC(=O)C1CN(C(=O)CC#N)CCO1. The van der Waals surface area contributed by atoms with E-state index < -0.39 is 12.1 Å². The van der Waals surface area contributed by atoms with Gasteiger partial charge in [0.05, 0.1) is 26.3 Å². The fourth-order valence-corrected chi connectivity index (χ4v) is 1.33. The third-order valence-corrected chi connectivity index (χ3v) is 2.11. The third kappa shape index (κ3) is 2.92. The van der Waals surface area contributed by atoms with Gasteiger partial charge in [0.1, 0.15) is 6.42 Å². The van der Waals surface area contributed by atoms with Crippen LogP contribution in [-0.2, 0) is 19.1 Å². The summed E-state index contributed by atoms with van der Waals surface area (Å²) in [4.78, 5) is 23.9. The van der Waals surface area contributed by atoms with Gasteiger partial charge in [-0.05, 0) is 0 Å². The van der Waals surface area contributed by atoms with E-state index in [1.807, 2.05) is 0 Å². The highest BCUT2D eigenvalue weighted by Gasteiger charge is 2.29. The second kappa shape index (κ2) is 5.32. The number of morpholine rings is 1. The Balaban J connectivity index is 2.53. The van der Waals surface area contributed by atoms with Crippen LogP contribution in [0.1, 0.15) is 6.42 Å². The van der Waals surface area contributed by atoms with Crippen LogP contribution in [0.15, 0.2) is 0 Å². The van der Waals surface area contributed by atoms with Crippen molar-refractivity contribution in [3.63, 3.8) is 0 Å². The van der Waals surface area contributed by atoms with Gasteiger partial charge in [-0.3, -0.25) is 4.79 Å². The topological polar surface area (TPSA) is 79.6 Å². The molecular formula is C9H12N2O4. The number of amides is 1. The van der Waals surface area contributed by atoms with E-state index in [-0.39, 0.29) is 25.5 Å². The summed E-state index contributed by atoms with van der Waals surface area (Å²) in [6, 6.07) is 1.77. The Morgan fingerprint density at radius 3 is 3.00 bits per heavy atom. The van der Waals surface area contributed by atoms with Gasteiger partial charge in [-0.15, -0.1) is 0 Å². The van der Waals surface area contributed by atoms with Gasteiger partial charge in [0, 0.05) is 6.54 Å². The minimum atomic E-state index is -0.730. The van der Waals surface area contributed by atoms with Crippen molar-refractivity contribution in [1.82, 2.24) is 4.90 Å². The Bertz CT molecular complexity index is 297. The number of esters is 1. The molecule has 0 aliphatic carbocycles. The lowest BCUT2D eigenvalue weighted by Gasteiger charge is -2.30. The van der Waals surface area contributed by atoms with Crippen LogP contribution in [0.3, 0.4) is 0 Å². The first kappa shape index (κ1) is 11.5. The second-order valence-corrected chi connectivity index (χ2v) is 3.06. The van der Waals surface area contributed by atoms with Crippen molar-refractivity contribution in [1.29, 1.82) is 5.26 Å². The number of rotatable bonds is 2. The Morgan fingerprint density at radius 1 is 1.67 bits per heavy atom. The van der Waals surface area contributed by atoms with Gasteiger partial charge in [-0.1, -0.05) is 0 Å². The number of hydrogen-bond donors (Lipinski definition) is 0. The molecule has 1 unspecified atom stereocenters. The standard InChI is InChI=1S/C9H12N2O4/c1-14-9(13)7-6-11(4-5-15-7)8(12)2-3-10/h7H,2,4-6H2,1H3. The molecule has 1 atom stereocenters. The van der Waals surface area contributed by atoms with Crippen LogP contribution in [0.25, 0.3) is 0 Å². The normalized spacial score (nSPS) is 20.5. The molecule has 0 aromatic heterocycles. The van der Waals surface area contributed by atoms with E-state index in [1.165, 1.54) is 12.0 Å². The second-order valence-electron chi connectivity index (χ2n) is 3.06. The predicted octanol–water partition coefficient (Wildman–Crippen LogP) is -0.700. The lowest BCUT2D eigenvalue weighted by atomic mass is 10.2. The molecule has 1 fully saturated rings. The maximum absolute atomic E-state index is 11.4. The van der Waals surface area contributed by atoms with E-state index in [0.29, 0.717) is 6.54 Å². The third-order valence-electron chi connectivity index (χ3n) is 2.11. The van der Waals surface area contributed by atoms with Gasteiger partial charge in [0.15, 0.2) is 6.10 Å². The van der Waals surface area contributed by atoms with Crippen LogP contribution >= 0.6 is 0 Å². The summed E-state index contributed by atoms with van der Waals surface area (Å²) >= 11 is 0. The van der Waals surface area contributed by atoms with Crippen molar-refractivity contribution in [2.75, 3.05) is 26.8 Å². The van der Waals surface area contributed by atoms with Gasteiger partial charge < -0.3 is 14.4 Å². The van der Waals surface area contributed by atoms with Gasteiger partial charge in [-0.25, -0.2) is 4.79 Å². The first-order valence-corrected chi connectivity index (χ1v) is 4.53. The predicted molar refractivity (Wildman–Crippen MR) is 48.6 cm³/mol. The van der Waals surface area contributed by atoms with Gasteiger partial charge >= 0.3 is 5.97 Å². The largest absolute Gasteiger partial charge is 0.467 e. The molecule has 15 heavy (non-hydrogen) atoms. The molecule has 0 bridgehead atoms. The minimum absolute atomic E-state index is 0.160. The number of ether oxygens (including phenoxy) is 2. The summed E-state index contributed by atoms with van der Waals surface area (Å²) in [5.74, 6) is -0.779. The van der Waals surface area contributed by atoms with Crippen LogP contribution < -0.4 is 0 Å². The molecule has 6 nitrogen and oxygen atoms in total. The fourth-order valence-electron chi connectivity index (χ4n) is 1.33. The van der Waals surface area contributed by atoms with E-state index in [9.17, 15) is 9.59 Å². The van der Waals surface area contributed by atoms with Crippen molar-refractivity contribution in [2.24, 2.45) is 0 Å². The minimum Gasteiger partial charge on any atom is -0.467 e. The van der Waals surface area contributed by atoms with E-state index >= 15 is 0 Å². The first-order valence-electron chi connectivity index (χ1n) is 4.53. The van der Waals surface area contributed by atoms with Crippen molar-refractivity contribution in [3.05, 3.63) is 0 Å². The summed E-state index contributed by atoms with van der Waals surface area (Å²) < 4.78 is 9.65. The summed E-state index contributed by atoms with van der Waals surface area (Å²) in [6.07, 6.45) is -0.903. The monoisotopic (exact) mass is 212 g/mol. The average molecular weight is 212 g/mol. The molecule has 0 radical (unpaired) electrons. The van der Waals surface area contributed by atoms with Crippen LogP contribution in [0.2, 0.25) is 0 Å². The van der Waals surface area contributed by atoms with Crippen LogP contribution in [-0.4, -0.2) is 49.7 Å². The highest BCUT2D eigenvalue weighted by atomic mass is 16.6. The molecule has 6 heteroatoms. The maximum Gasteiger partial charge on any atom is 0.336 e. The summed E-state index contributed by atoms with van der Waals surface area (Å²) in [6.45, 7) is 0.859. The highest BCUT2D eigenvalue weighted by molar-refractivity contribution is 5.80. The molecule has 1 heterocycles. The van der Waals surface area contributed by atoms with Crippen molar-refractivity contribution < 1.29 is 19.1 Å². The number of hydrogen-bond acceptors (Lipinski definition) is 5. The Hall–Kier alpha value is -1.61.